The van der Waals surface area contributed by atoms with E-state index in [2.05, 4.69) is 4.98 Å². The molecule has 0 aliphatic rings. The van der Waals surface area contributed by atoms with Gasteiger partial charge >= 0.3 is 0 Å². The average Bonchev–Trinajstić information content (AvgIpc) is 2.53. The van der Waals surface area contributed by atoms with Crippen LogP contribution in [0.5, 0.6) is 11.5 Å². The van der Waals surface area contributed by atoms with Crippen molar-refractivity contribution in [2.24, 2.45) is 5.41 Å². The summed E-state index contributed by atoms with van der Waals surface area (Å²) >= 11 is 0. The van der Waals surface area contributed by atoms with Crippen molar-refractivity contribution in [1.29, 1.82) is 0 Å². The van der Waals surface area contributed by atoms with E-state index in [1.807, 2.05) is 20.8 Å². The van der Waals surface area contributed by atoms with E-state index in [0.717, 1.165) is 0 Å². The molecule has 0 bridgehead atoms. The summed E-state index contributed by atoms with van der Waals surface area (Å²) in [7, 11) is 0. The lowest BCUT2D eigenvalue weighted by atomic mass is 9.73. The molecule has 2 aromatic carbocycles. The second kappa shape index (κ2) is 6.32. The van der Waals surface area contributed by atoms with Gasteiger partial charge in [0.1, 0.15) is 28.7 Å². The van der Waals surface area contributed by atoms with E-state index in [0.29, 0.717) is 11.1 Å². The van der Waals surface area contributed by atoms with Gasteiger partial charge in [0.25, 0.3) is 0 Å². The molecule has 136 valence electrons. The normalized spacial score (nSPS) is 14.3. The van der Waals surface area contributed by atoms with Gasteiger partial charge in [-0.05, 0) is 36.6 Å². The quantitative estimate of drug-likeness (QED) is 0.667. The summed E-state index contributed by atoms with van der Waals surface area (Å²) in [6, 6.07) is 10.7. The highest BCUT2D eigenvalue weighted by molar-refractivity contribution is 5.80. The SMILES string of the molecule is CC(C)(C)C(C)(O)c1c(F)cccc1Oc1cnc2c(F)cccc2c1. The lowest BCUT2D eigenvalue weighted by Gasteiger charge is -2.38. The van der Waals surface area contributed by atoms with E-state index >= 15 is 0 Å². The van der Waals surface area contributed by atoms with Gasteiger partial charge in [-0.1, -0.05) is 39.0 Å². The van der Waals surface area contributed by atoms with Crippen LogP contribution in [0.4, 0.5) is 8.78 Å². The van der Waals surface area contributed by atoms with Gasteiger partial charge in [-0.15, -0.1) is 0 Å². The van der Waals surface area contributed by atoms with Crippen molar-refractivity contribution < 1.29 is 18.6 Å². The highest BCUT2D eigenvalue weighted by Gasteiger charge is 2.41. The van der Waals surface area contributed by atoms with Crippen LogP contribution in [0.3, 0.4) is 0 Å². The molecule has 0 amide bonds. The summed E-state index contributed by atoms with van der Waals surface area (Å²) in [6.45, 7) is 7.03. The first-order chi connectivity index (χ1) is 12.1. The van der Waals surface area contributed by atoms with Gasteiger partial charge < -0.3 is 9.84 Å². The summed E-state index contributed by atoms with van der Waals surface area (Å²) in [5, 5.41) is 11.6. The van der Waals surface area contributed by atoms with Gasteiger partial charge in [-0.2, -0.15) is 0 Å². The maximum absolute atomic E-state index is 14.6. The van der Waals surface area contributed by atoms with Crippen LogP contribution in [-0.4, -0.2) is 10.1 Å². The number of ether oxygens (including phenoxy) is 1. The third kappa shape index (κ3) is 3.15. The van der Waals surface area contributed by atoms with Gasteiger partial charge in [-0.25, -0.2) is 13.8 Å². The number of aromatic nitrogens is 1. The molecule has 1 heterocycles. The van der Waals surface area contributed by atoms with Crippen molar-refractivity contribution in [2.45, 2.75) is 33.3 Å². The van der Waals surface area contributed by atoms with Crippen LogP contribution < -0.4 is 4.74 Å². The summed E-state index contributed by atoms with van der Waals surface area (Å²) in [4.78, 5) is 4.08. The second-order valence-electron chi connectivity index (χ2n) is 7.52. The van der Waals surface area contributed by atoms with Gasteiger partial charge in [0.15, 0.2) is 0 Å². The average molecular weight is 357 g/mol. The number of pyridine rings is 1. The van der Waals surface area contributed by atoms with Crippen LogP contribution in [-0.2, 0) is 5.60 Å². The maximum Gasteiger partial charge on any atom is 0.149 e. The van der Waals surface area contributed by atoms with E-state index in [1.165, 1.54) is 24.4 Å². The minimum absolute atomic E-state index is 0.0758. The van der Waals surface area contributed by atoms with E-state index < -0.39 is 22.7 Å². The lowest BCUT2D eigenvalue weighted by Crippen LogP contribution is -2.38. The highest BCUT2D eigenvalue weighted by atomic mass is 19.1. The Balaban J connectivity index is 2.08. The van der Waals surface area contributed by atoms with E-state index in [-0.39, 0.29) is 16.8 Å². The van der Waals surface area contributed by atoms with Crippen LogP contribution >= 0.6 is 0 Å². The van der Waals surface area contributed by atoms with Crippen molar-refractivity contribution in [1.82, 2.24) is 4.98 Å². The molecule has 3 aromatic rings. The predicted molar refractivity (Wildman–Crippen MR) is 97.2 cm³/mol. The number of rotatable bonds is 3. The molecule has 0 spiro atoms. The number of hydrogen-bond acceptors (Lipinski definition) is 3. The number of fused-ring (bicyclic) bond motifs is 1. The number of hydrogen-bond donors (Lipinski definition) is 1. The standard InChI is InChI=1S/C21H21F2NO2/c1-20(2,3)21(4,25)18-15(22)8-6-10-17(18)26-14-11-13-7-5-9-16(23)19(13)24-12-14/h5-12,25H,1-4H3. The number of nitrogens with zero attached hydrogens (tertiary/aromatic N) is 1. The number of benzene rings is 2. The highest BCUT2D eigenvalue weighted by Crippen LogP contribution is 2.45. The Morgan fingerprint density at radius 1 is 0.962 bits per heavy atom. The Hall–Kier alpha value is -2.53. The van der Waals surface area contributed by atoms with Crippen LogP contribution in [0.25, 0.3) is 10.9 Å². The first-order valence-electron chi connectivity index (χ1n) is 8.35. The number of para-hydroxylation sites is 1. The molecule has 3 nitrogen and oxygen atoms in total. The fourth-order valence-corrected chi connectivity index (χ4v) is 2.72. The maximum atomic E-state index is 14.6. The molecule has 3 rings (SSSR count). The Labute approximate surface area is 151 Å². The van der Waals surface area contributed by atoms with Crippen molar-refractivity contribution >= 4 is 10.9 Å². The van der Waals surface area contributed by atoms with E-state index in [9.17, 15) is 13.9 Å². The first-order valence-corrected chi connectivity index (χ1v) is 8.35. The van der Waals surface area contributed by atoms with Crippen molar-refractivity contribution in [2.75, 3.05) is 0 Å². The summed E-state index contributed by atoms with van der Waals surface area (Å²) < 4.78 is 34.2. The molecule has 0 saturated carbocycles. The fourth-order valence-electron chi connectivity index (χ4n) is 2.72. The lowest BCUT2D eigenvalue weighted by molar-refractivity contribution is -0.0510. The molecular weight excluding hydrogens is 336 g/mol. The van der Waals surface area contributed by atoms with Crippen LogP contribution in [0.2, 0.25) is 0 Å². The molecule has 1 unspecified atom stereocenters. The third-order valence-electron chi connectivity index (χ3n) is 4.79. The van der Waals surface area contributed by atoms with Gasteiger partial charge in [-0.3, -0.25) is 0 Å². The number of aliphatic hydroxyl groups is 1. The van der Waals surface area contributed by atoms with Crippen LogP contribution in [0.1, 0.15) is 33.3 Å². The molecule has 1 aromatic heterocycles. The molecule has 26 heavy (non-hydrogen) atoms. The van der Waals surface area contributed by atoms with E-state index in [4.69, 9.17) is 4.74 Å². The smallest absolute Gasteiger partial charge is 0.149 e. The molecular formula is C21H21F2NO2. The Bertz CT molecular complexity index is 962. The van der Waals surface area contributed by atoms with Crippen molar-refractivity contribution in [3.63, 3.8) is 0 Å². The molecule has 1 atom stereocenters. The molecule has 0 aliphatic carbocycles. The minimum atomic E-state index is -1.47. The van der Waals surface area contributed by atoms with Gasteiger partial charge in [0, 0.05) is 5.39 Å². The molecule has 0 saturated heterocycles. The molecule has 1 N–H and O–H groups in total. The van der Waals surface area contributed by atoms with Crippen molar-refractivity contribution in [3.8, 4) is 11.5 Å². The second-order valence-corrected chi connectivity index (χ2v) is 7.52. The van der Waals surface area contributed by atoms with Crippen LogP contribution in [0.15, 0.2) is 48.7 Å². The molecule has 0 fully saturated rings. The molecule has 5 heteroatoms. The zero-order valence-corrected chi connectivity index (χ0v) is 15.2. The molecule has 0 aliphatic heterocycles. The predicted octanol–water partition coefficient (Wildman–Crippen LogP) is 5.56. The Kier molecular flexibility index (Phi) is 4.44. The Morgan fingerprint density at radius 2 is 1.62 bits per heavy atom. The summed E-state index contributed by atoms with van der Waals surface area (Å²) in [5.41, 5.74) is -1.78. The zero-order valence-electron chi connectivity index (χ0n) is 15.2. The van der Waals surface area contributed by atoms with Gasteiger partial charge in [0.05, 0.1) is 17.4 Å². The Morgan fingerprint density at radius 3 is 2.31 bits per heavy atom. The van der Waals surface area contributed by atoms with Crippen LogP contribution in [0, 0.1) is 17.0 Å². The summed E-state index contributed by atoms with van der Waals surface area (Å²) in [6.07, 6.45) is 1.38. The fraction of sp³-hybridized carbons (Fsp3) is 0.286. The van der Waals surface area contributed by atoms with Crippen molar-refractivity contribution in [3.05, 3.63) is 65.9 Å². The largest absolute Gasteiger partial charge is 0.455 e. The first kappa shape index (κ1) is 18.3. The zero-order chi connectivity index (χ0) is 19.1. The molecule has 0 radical (unpaired) electrons. The van der Waals surface area contributed by atoms with Gasteiger partial charge in [0.2, 0.25) is 0 Å². The van der Waals surface area contributed by atoms with E-state index in [1.54, 1.807) is 31.2 Å². The third-order valence-corrected chi connectivity index (χ3v) is 4.79. The monoisotopic (exact) mass is 357 g/mol. The number of halogens is 2. The topological polar surface area (TPSA) is 42.4 Å². The minimum Gasteiger partial charge on any atom is -0.455 e. The summed E-state index contributed by atoms with van der Waals surface area (Å²) in [5.74, 6) is -0.444.